The van der Waals surface area contributed by atoms with Crippen LogP contribution in [0.25, 0.3) is 22.1 Å². The van der Waals surface area contributed by atoms with E-state index in [4.69, 9.17) is 0 Å². The van der Waals surface area contributed by atoms with Gasteiger partial charge in [0.25, 0.3) is 5.56 Å². The Kier molecular flexibility index (Phi) is 2.23. The number of hydrogen-bond donors (Lipinski definition) is 0. The van der Waals surface area contributed by atoms with E-state index in [0.717, 1.165) is 10.9 Å². The molecule has 0 spiro atoms. The van der Waals surface area contributed by atoms with Crippen molar-refractivity contribution in [2.24, 2.45) is 0 Å². The number of benzene rings is 1. The Morgan fingerprint density at radius 3 is 2.65 bits per heavy atom. The van der Waals surface area contributed by atoms with Gasteiger partial charge in [0, 0.05) is 23.8 Å². The van der Waals surface area contributed by atoms with E-state index < -0.39 is 0 Å². The molecule has 0 N–H and O–H groups in total. The summed E-state index contributed by atoms with van der Waals surface area (Å²) in [4.78, 5) is 12.5. The minimum Gasteiger partial charge on any atom is -0.268 e. The van der Waals surface area contributed by atoms with Crippen molar-refractivity contribution in [3.8, 4) is 5.82 Å². The normalized spacial score (nSPS) is 11.2. The van der Waals surface area contributed by atoms with Gasteiger partial charge in [0.05, 0.1) is 5.52 Å². The molecule has 4 nitrogen and oxygen atoms in total. The first-order chi connectivity index (χ1) is 9.83. The van der Waals surface area contributed by atoms with Gasteiger partial charge in [0.2, 0.25) is 0 Å². The van der Waals surface area contributed by atoms with Crippen LogP contribution in [0.1, 0.15) is 0 Å². The zero-order chi connectivity index (χ0) is 13.5. The van der Waals surface area contributed by atoms with E-state index in [-0.39, 0.29) is 5.56 Å². The van der Waals surface area contributed by atoms with Crippen LogP contribution < -0.4 is 5.56 Å². The van der Waals surface area contributed by atoms with Crippen LogP contribution in [-0.2, 0) is 0 Å². The zero-order valence-electron chi connectivity index (χ0n) is 10.6. The molecule has 20 heavy (non-hydrogen) atoms. The van der Waals surface area contributed by atoms with E-state index in [0.29, 0.717) is 11.2 Å². The van der Waals surface area contributed by atoms with Gasteiger partial charge in [-0.15, -0.1) is 5.10 Å². The molecule has 0 aliphatic heterocycles. The van der Waals surface area contributed by atoms with Crippen LogP contribution in [0.2, 0.25) is 0 Å². The van der Waals surface area contributed by atoms with Crippen LogP contribution in [0.4, 0.5) is 0 Å². The smallest absolute Gasteiger partial charge is 0.264 e. The van der Waals surface area contributed by atoms with Crippen LogP contribution in [0.15, 0.2) is 71.8 Å². The van der Waals surface area contributed by atoms with Gasteiger partial charge >= 0.3 is 0 Å². The molecule has 0 radical (unpaired) electrons. The molecule has 0 saturated heterocycles. The van der Waals surface area contributed by atoms with E-state index in [2.05, 4.69) is 5.10 Å². The van der Waals surface area contributed by atoms with Crippen molar-refractivity contribution >= 4 is 16.3 Å². The van der Waals surface area contributed by atoms with E-state index >= 15 is 0 Å². The second-order valence-corrected chi connectivity index (χ2v) is 4.65. The lowest BCUT2D eigenvalue weighted by Gasteiger charge is -2.03. The molecule has 0 amide bonds. The van der Waals surface area contributed by atoms with Gasteiger partial charge in [-0.25, -0.2) is 4.52 Å². The molecule has 4 heteroatoms. The Morgan fingerprint density at radius 2 is 1.75 bits per heavy atom. The monoisotopic (exact) mass is 261 g/mol. The Morgan fingerprint density at radius 1 is 0.900 bits per heavy atom. The summed E-state index contributed by atoms with van der Waals surface area (Å²) in [6.45, 7) is 0. The molecule has 0 aliphatic carbocycles. The van der Waals surface area contributed by atoms with Crippen molar-refractivity contribution in [3.63, 3.8) is 0 Å². The standard InChI is InChI=1S/C16H11N3O/c20-16-14-7-2-1-5-12(14)8-10-18(16)15-11-13-6-3-4-9-19(13)17-15/h1-11H. The molecule has 3 aromatic heterocycles. The molecule has 3 heterocycles. The van der Waals surface area contributed by atoms with E-state index in [1.54, 1.807) is 15.3 Å². The highest BCUT2D eigenvalue weighted by Crippen LogP contribution is 2.12. The fourth-order valence-electron chi connectivity index (χ4n) is 2.41. The van der Waals surface area contributed by atoms with Crippen LogP contribution in [0.5, 0.6) is 0 Å². The van der Waals surface area contributed by atoms with Gasteiger partial charge < -0.3 is 0 Å². The number of fused-ring (bicyclic) bond motifs is 2. The molecule has 4 rings (SSSR count). The molecule has 0 unspecified atom stereocenters. The lowest BCUT2D eigenvalue weighted by molar-refractivity contribution is 0.880. The Bertz CT molecular complexity index is 949. The molecule has 0 fully saturated rings. The van der Waals surface area contributed by atoms with Crippen molar-refractivity contribution < 1.29 is 0 Å². The second kappa shape index (κ2) is 4.06. The summed E-state index contributed by atoms with van der Waals surface area (Å²) >= 11 is 0. The van der Waals surface area contributed by atoms with Crippen molar-refractivity contribution in [1.29, 1.82) is 0 Å². The van der Waals surface area contributed by atoms with Crippen LogP contribution in [0.3, 0.4) is 0 Å². The summed E-state index contributed by atoms with van der Waals surface area (Å²) in [6, 6.07) is 17.2. The van der Waals surface area contributed by atoms with Crippen LogP contribution in [-0.4, -0.2) is 14.2 Å². The zero-order valence-corrected chi connectivity index (χ0v) is 10.6. The minimum absolute atomic E-state index is 0.0495. The molecule has 96 valence electrons. The van der Waals surface area contributed by atoms with E-state index in [9.17, 15) is 4.79 Å². The summed E-state index contributed by atoms with van der Waals surface area (Å²) in [7, 11) is 0. The van der Waals surface area contributed by atoms with Crippen molar-refractivity contribution in [3.05, 3.63) is 77.3 Å². The van der Waals surface area contributed by atoms with Crippen molar-refractivity contribution in [2.45, 2.75) is 0 Å². The van der Waals surface area contributed by atoms with E-state index in [1.165, 1.54) is 0 Å². The van der Waals surface area contributed by atoms with Gasteiger partial charge in [-0.05, 0) is 29.7 Å². The first-order valence-electron chi connectivity index (χ1n) is 6.38. The highest BCUT2D eigenvalue weighted by Gasteiger charge is 2.07. The quantitative estimate of drug-likeness (QED) is 0.528. The van der Waals surface area contributed by atoms with Crippen LogP contribution >= 0.6 is 0 Å². The minimum atomic E-state index is -0.0495. The number of pyridine rings is 2. The maximum Gasteiger partial charge on any atom is 0.264 e. The van der Waals surface area contributed by atoms with Gasteiger partial charge in [-0.1, -0.05) is 24.3 Å². The Hall–Kier alpha value is -2.88. The molecule has 0 aliphatic rings. The summed E-state index contributed by atoms with van der Waals surface area (Å²) < 4.78 is 3.34. The fraction of sp³-hybridized carbons (Fsp3) is 0. The molecule has 0 atom stereocenters. The van der Waals surface area contributed by atoms with E-state index in [1.807, 2.05) is 60.8 Å². The fourth-order valence-corrected chi connectivity index (χ4v) is 2.41. The number of aromatic nitrogens is 3. The molecule has 0 bridgehead atoms. The maximum absolute atomic E-state index is 12.5. The lowest BCUT2D eigenvalue weighted by Crippen LogP contribution is -2.17. The number of nitrogens with zero attached hydrogens (tertiary/aromatic N) is 3. The third-order valence-corrected chi connectivity index (χ3v) is 3.42. The maximum atomic E-state index is 12.5. The molecular formula is C16H11N3O. The summed E-state index contributed by atoms with van der Waals surface area (Å²) in [5, 5.41) is 6.07. The predicted molar refractivity (Wildman–Crippen MR) is 78.3 cm³/mol. The number of hydrogen-bond acceptors (Lipinski definition) is 2. The average Bonchev–Trinajstić information content (AvgIpc) is 2.91. The summed E-state index contributed by atoms with van der Waals surface area (Å²) in [5.41, 5.74) is 0.911. The predicted octanol–water partition coefficient (Wildman–Crippen LogP) is 2.64. The molecule has 0 saturated carbocycles. The molecular weight excluding hydrogens is 250 g/mol. The summed E-state index contributed by atoms with van der Waals surface area (Å²) in [6.07, 6.45) is 3.64. The van der Waals surface area contributed by atoms with Crippen molar-refractivity contribution in [2.75, 3.05) is 0 Å². The first kappa shape index (κ1) is 11.0. The Labute approximate surface area is 114 Å². The third kappa shape index (κ3) is 1.55. The van der Waals surface area contributed by atoms with Gasteiger partial charge in [0.15, 0.2) is 5.82 Å². The summed E-state index contributed by atoms with van der Waals surface area (Å²) in [5.74, 6) is 0.631. The van der Waals surface area contributed by atoms with Gasteiger partial charge in [-0.3, -0.25) is 9.36 Å². The Balaban J connectivity index is 2.02. The topological polar surface area (TPSA) is 39.3 Å². The molecule has 4 aromatic rings. The van der Waals surface area contributed by atoms with Gasteiger partial charge in [0.1, 0.15) is 0 Å². The SMILES string of the molecule is O=c1c2ccccc2ccn1-c1cc2ccccn2n1. The highest BCUT2D eigenvalue weighted by molar-refractivity contribution is 5.81. The first-order valence-corrected chi connectivity index (χ1v) is 6.38. The second-order valence-electron chi connectivity index (χ2n) is 4.65. The largest absolute Gasteiger partial charge is 0.268 e. The average molecular weight is 261 g/mol. The lowest BCUT2D eigenvalue weighted by atomic mass is 10.2. The number of rotatable bonds is 1. The third-order valence-electron chi connectivity index (χ3n) is 3.42. The van der Waals surface area contributed by atoms with Crippen LogP contribution in [0, 0.1) is 0 Å². The molecule has 1 aromatic carbocycles. The van der Waals surface area contributed by atoms with Crippen molar-refractivity contribution in [1.82, 2.24) is 14.2 Å². The highest BCUT2D eigenvalue weighted by atomic mass is 16.1. The van der Waals surface area contributed by atoms with Gasteiger partial charge in [-0.2, -0.15) is 0 Å².